The molecule has 0 spiro atoms. The molecule has 0 radical (unpaired) electrons. The minimum absolute atomic E-state index is 0.241. The Morgan fingerprint density at radius 1 is 1.17 bits per heavy atom. The SMILES string of the molecule is Cc1nc2ccc(C(=O)OC(C)C(=O)NC3CC3)cc2nc1C. The molecule has 1 heterocycles. The van der Waals surface area contributed by atoms with Gasteiger partial charge in [-0.05, 0) is 51.8 Å². The van der Waals surface area contributed by atoms with Crippen LogP contribution < -0.4 is 5.32 Å². The first-order valence-corrected chi connectivity index (χ1v) is 7.70. The Balaban J connectivity index is 1.74. The lowest BCUT2D eigenvalue weighted by atomic mass is 10.2. The van der Waals surface area contributed by atoms with Gasteiger partial charge in [0.25, 0.3) is 5.91 Å². The van der Waals surface area contributed by atoms with Crippen molar-refractivity contribution in [1.29, 1.82) is 0 Å². The molecule has 0 saturated heterocycles. The van der Waals surface area contributed by atoms with Crippen molar-refractivity contribution < 1.29 is 14.3 Å². The number of esters is 1. The topological polar surface area (TPSA) is 81.2 Å². The summed E-state index contributed by atoms with van der Waals surface area (Å²) in [5.41, 5.74) is 3.40. The maximum Gasteiger partial charge on any atom is 0.338 e. The van der Waals surface area contributed by atoms with E-state index in [1.807, 2.05) is 13.8 Å². The maximum atomic E-state index is 12.2. The number of nitrogens with zero attached hydrogens (tertiary/aromatic N) is 2. The van der Waals surface area contributed by atoms with Crippen molar-refractivity contribution in [3.8, 4) is 0 Å². The van der Waals surface area contributed by atoms with Gasteiger partial charge < -0.3 is 10.1 Å². The van der Waals surface area contributed by atoms with Crippen molar-refractivity contribution in [2.24, 2.45) is 0 Å². The van der Waals surface area contributed by atoms with E-state index < -0.39 is 12.1 Å². The lowest BCUT2D eigenvalue weighted by molar-refractivity contribution is -0.129. The van der Waals surface area contributed by atoms with Gasteiger partial charge in [0.2, 0.25) is 0 Å². The number of hydrogen-bond donors (Lipinski definition) is 1. The van der Waals surface area contributed by atoms with Gasteiger partial charge in [0.1, 0.15) is 0 Å². The number of rotatable bonds is 4. The van der Waals surface area contributed by atoms with Crippen molar-refractivity contribution in [3.63, 3.8) is 0 Å². The van der Waals surface area contributed by atoms with Crippen molar-refractivity contribution in [3.05, 3.63) is 35.2 Å². The number of aryl methyl sites for hydroxylation is 2. The fourth-order valence-electron chi connectivity index (χ4n) is 2.19. The smallest absolute Gasteiger partial charge is 0.338 e. The van der Waals surface area contributed by atoms with E-state index in [9.17, 15) is 9.59 Å². The van der Waals surface area contributed by atoms with Crippen LogP contribution in [-0.2, 0) is 9.53 Å². The molecule has 0 aliphatic heterocycles. The lowest BCUT2D eigenvalue weighted by Gasteiger charge is -2.13. The zero-order valence-corrected chi connectivity index (χ0v) is 13.4. The van der Waals surface area contributed by atoms with Crippen LogP contribution in [0.5, 0.6) is 0 Å². The Morgan fingerprint density at radius 2 is 1.83 bits per heavy atom. The summed E-state index contributed by atoms with van der Waals surface area (Å²) in [6.45, 7) is 5.34. The minimum Gasteiger partial charge on any atom is -0.449 e. The van der Waals surface area contributed by atoms with Crippen LogP contribution in [0.4, 0.5) is 0 Å². The van der Waals surface area contributed by atoms with Crippen LogP contribution in [-0.4, -0.2) is 34.0 Å². The Kier molecular flexibility index (Phi) is 3.98. The predicted octanol–water partition coefficient (Wildman–Crippen LogP) is 2.07. The first kappa shape index (κ1) is 15.4. The second-order valence-electron chi connectivity index (χ2n) is 5.93. The van der Waals surface area contributed by atoms with E-state index >= 15 is 0 Å². The van der Waals surface area contributed by atoms with E-state index in [2.05, 4.69) is 15.3 Å². The summed E-state index contributed by atoms with van der Waals surface area (Å²) in [4.78, 5) is 32.9. The van der Waals surface area contributed by atoms with Gasteiger partial charge in [-0.15, -0.1) is 0 Å². The summed E-state index contributed by atoms with van der Waals surface area (Å²) in [6.07, 6.45) is 1.17. The molecule has 1 amide bonds. The van der Waals surface area contributed by atoms with E-state index in [4.69, 9.17) is 4.74 Å². The van der Waals surface area contributed by atoms with Crippen LogP contribution in [0.15, 0.2) is 18.2 Å². The van der Waals surface area contributed by atoms with Crippen molar-refractivity contribution >= 4 is 22.9 Å². The summed E-state index contributed by atoms with van der Waals surface area (Å²) in [5, 5.41) is 2.82. The van der Waals surface area contributed by atoms with Crippen molar-refractivity contribution in [2.75, 3.05) is 0 Å². The minimum atomic E-state index is -0.815. The largest absolute Gasteiger partial charge is 0.449 e. The molecule has 1 N–H and O–H groups in total. The number of amides is 1. The molecule has 3 rings (SSSR count). The van der Waals surface area contributed by atoms with E-state index in [1.54, 1.807) is 25.1 Å². The second-order valence-corrected chi connectivity index (χ2v) is 5.93. The highest BCUT2D eigenvalue weighted by atomic mass is 16.5. The van der Waals surface area contributed by atoms with Gasteiger partial charge in [-0.2, -0.15) is 0 Å². The molecule has 23 heavy (non-hydrogen) atoms. The van der Waals surface area contributed by atoms with Gasteiger partial charge in [0.15, 0.2) is 6.10 Å². The van der Waals surface area contributed by atoms with Gasteiger partial charge in [-0.1, -0.05) is 0 Å². The molecule has 120 valence electrons. The second kappa shape index (κ2) is 5.95. The zero-order chi connectivity index (χ0) is 16.6. The van der Waals surface area contributed by atoms with Crippen LogP contribution in [0.1, 0.15) is 41.5 Å². The van der Waals surface area contributed by atoms with Gasteiger partial charge in [0.05, 0.1) is 28.0 Å². The monoisotopic (exact) mass is 313 g/mol. The number of carbonyl (C=O) groups excluding carboxylic acids is 2. The van der Waals surface area contributed by atoms with Crippen LogP contribution in [0.3, 0.4) is 0 Å². The van der Waals surface area contributed by atoms with Crippen LogP contribution >= 0.6 is 0 Å². The number of nitrogens with one attached hydrogen (secondary N) is 1. The third kappa shape index (κ3) is 3.47. The van der Waals surface area contributed by atoms with Crippen LogP contribution in [0, 0.1) is 13.8 Å². The fourth-order valence-corrected chi connectivity index (χ4v) is 2.19. The van der Waals surface area contributed by atoms with Gasteiger partial charge in [0, 0.05) is 6.04 Å². The third-order valence-electron chi connectivity index (χ3n) is 3.89. The quantitative estimate of drug-likeness (QED) is 0.874. The fraction of sp³-hybridized carbons (Fsp3) is 0.412. The summed E-state index contributed by atoms with van der Waals surface area (Å²) in [5.74, 6) is -0.793. The molecule has 6 nitrogen and oxygen atoms in total. The Morgan fingerprint density at radius 3 is 2.48 bits per heavy atom. The van der Waals surface area contributed by atoms with E-state index in [-0.39, 0.29) is 11.9 Å². The normalized spacial score (nSPS) is 15.3. The molecule has 1 aliphatic carbocycles. The Bertz CT molecular complexity index is 784. The maximum absolute atomic E-state index is 12.2. The predicted molar refractivity (Wildman–Crippen MR) is 85.1 cm³/mol. The first-order chi connectivity index (χ1) is 10.9. The average molecular weight is 313 g/mol. The van der Waals surface area contributed by atoms with Gasteiger partial charge in [-0.25, -0.2) is 14.8 Å². The third-order valence-corrected chi connectivity index (χ3v) is 3.89. The highest BCUT2D eigenvalue weighted by molar-refractivity contribution is 5.95. The summed E-state index contributed by atoms with van der Waals surface area (Å²) < 4.78 is 5.23. The number of aromatic nitrogens is 2. The molecule has 1 saturated carbocycles. The van der Waals surface area contributed by atoms with Crippen LogP contribution in [0.25, 0.3) is 11.0 Å². The van der Waals surface area contributed by atoms with Crippen molar-refractivity contribution in [2.45, 2.75) is 45.8 Å². The molecule has 1 unspecified atom stereocenters. The standard InChI is InChI=1S/C17H19N3O3/c1-9-10(2)19-15-8-12(4-7-14(15)18-9)17(22)23-11(3)16(21)20-13-5-6-13/h4,7-8,11,13H,5-6H2,1-3H3,(H,20,21). The molecular formula is C17H19N3O3. The molecule has 2 aromatic rings. The molecular weight excluding hydrogens is 294 g/mol. The number of carbonyl (C=O) groups is 2. The molecule has 1 aromatic carbocycles. The Hall–Kier alpha value is -2.50. The number of ether oxygens (including phenoxy) is 1. The van der Waals surface area contributed by atoms with Gasteiger partial charge >= 0.3 is 5.97 Å². The molecule has 1 aliphatic rings. The summed E-state index contributed by atoms with van der Waals surface area (Å²) >= 11 is 0. The van der Waals surface area contributed by atoms with E-state index in [1.165, 1.54) is 0 Å². The van der Waals surface area contributed by atoms with Gasteiger partial charge in [-0.3, -0.25) is 4.79 Å². The molecule has 0 bridgehead atoms. The first-order valence-electron chi connectivity index (χ1n) is 7.70. The summed E-state index contributed by atoms with van der Waals surface area (Å²) in [6, 6.07) is 5.26. The van der Waals surface area contributed by atoms with Crippen LogP contribution in [0.2, 0.25) is 0 Å². The van der Waals surface area contributed by atoms with E-state index in [0.717, 1.165) is 29.7 Å². The highest BCUT2D eigenvalue weighted by Gasteiger charge is 2.27. The molecule has 1 fully saturated rings. The average Bonchev–Trinajstić information content (AvgIpc) is 3.31. The number of benzene rings is 1. The molecule has 1 aromatic heterocycles. The van der Waals surface area contributed by atoms with Crippen molar-refractivity contribution in [1.82, 2.24) is 15.3 Å². The summed E-state index contributed by atoms with van der Waals surface area (Å²) in [7, 11) is 0. The molecule has 6 heteroatoms. The highest BCUT2D eigenvalue weighted by Crippen LogP contribution is 2.19. The lowest BCUT2D eigenvalue weighted by Crippen LogP contribution is -2.37. The Labute approximate surface area is 134 Å². The van der Waals surface area contributed by atoms with E-state index in [0.29, 0.717) is 11.1 Å². The number of hydrogen-bond acceptors (Lipinski definition) is 5. The molecule has 1 atom stereocenters. The zero-order valence-electron chi connectivity index (χ0n) is 13.4. The number of fused-ring (bicyclic) bond motifs is 1.